The number of rotatable bonds is 11. The standard InChI is InChI=1S/C56H57N3S/c1-8-12-20-42-37(6)43-21-13-14-24-48(43)54(38(42)7)36(5)33-40(19-9-2)55-58-57-53(60-55)32-28-39-27-30-44-45-31-29-41(35-50(45)56(10-3,11-4)49(44)34-39)59-51-25-17-15-22-46(51)47-23-16-18-26-52(47)59/h9,12,14-20,22-28,30,32-35,37,54H,5,8,10-11,13,21,29,31H2,1-4,6-7H3/b19-9-,20-12-,32-28+,40-33+. The van der Waals surface area contributed by atoms with E-state index < -0.39 is 0 Å². The molecule has 0 radical (unpaired) electrons. The molecule has 2 unspecified atom stereocenters. The fraction of sp³-hybridized carbons (Fsp3) is 0.286. The molecular formula is C56H57N3S. The molecule has 2 aromatic heterocycles. The van der Waals surface area contributed by atoms with Crippen molar-refractivity contribution in [3.8, 4) is 0 Å². The predicted octanol–water partition coefficient (Wildman–Crippen LogP) is 15.7. The number of benzene rings is 3. The molecule has 2 heterocycles. The van der Waals surface area contributed by atoms with Crippen molar-refractivity contribution in [3.05, 3.63) is 182 Å². The molecule has 4 aliphatic carbocycles. The van der Waals surface area contributed by atoms with Crippen molar-refractivity contribution >= 4 is 62.1 Å². The molecule has 2 atom stereocenters. The number of allylic oxidation sites excluding steroid dienone is 17. The van der Waals surface area contributed by atoms with E-state index in [-0.39, 0.29) is 11.3 Å². The molecule has 4 aliphatic rings. The Balaban J connectivity index is 1.00. The molecule has 5 aromatic rings. The monoisotopic (exact) mass is 803 g/mol. The van der Waals surface area contributed by atoms with Crippen LogP contribution in [0.25, 0.3) is 50.8 Å². The fourth-order valence-electron chi connectivity index (χ4n) is 10.9. The number of aromatic nitrogens is 3. The molecule has 0 fully saturated rings. The highest BCUT2D eigenvalue weighted by Crippen LogP contribution is 2.56. The molecule has 3 aromatic carbocycles. The van der Waals surface area contributed by atoms with E-state index >= 15 is 0 Å². The summed E-state index contributed by atoms with van der Waals surface area (Å²) in [6.45, 7) is 18.4. The molecule has 0 saturated heterocycles. The van der Waals surface area contributed by atoms with Gasteiger partial charge in [0.15, 0.2) is 0 Å². The van der Waals surface area contributed by atoms with Gasteiger partial charge in [-0.25, -0.2) is 0 Å². The Morgan fingerprint density at radius 3 is 2.38 bits per heavy atom. The maximum absolute atomic E-state index is 4.73. The summed E-state index contributed by atoms with van der Waals surface area (Å²) in [5, 5.41) is 13.9. The van der Waals surface area contributed by atoms with E-state index in [1.807, 2.05) is 0 Å². The highest BCUT2D eigenvalue weighted by molar-refractivity contribution is 7.13. The van der Waals surface area contributed by atoms with Gasteiger partial charge in [-0.15, -0.1) is 10.2 Å². The molecular weight excluding hydrogens is 747 g/mol. The van der Waals surface area contributed by atoms with Gasteiger partial charge in [0.1, 0.15) is 10.0 Å². The van der Waals surface area contributed by atoms with Crippen LogP contribution in [0.5, 0.6) is 0 Å². The number of hydrogen-bond donors (Lipinski definition) is 0. The Morgan fingerprint density at radius 2 is 1.67 bits per heavy atom. The van der Waals surface area contributed by atoms with Crippen LogP contribution in [0.1, 0.15) is 113 Å². The van der Waals surface area contributed by atoms with Crippen LogP contribution >= 0.6 is 11.3 Å². The summed E-state index contributed by atoms with van der Waals surface area (Å²) in [6.07, 6.45) is 30.2. The molecule has 3 nitrogen and oxygen atoms in total. The molecule has 302 valence electrons. The quantitative estimate of drug-likeness (QED) is 0.125. The summed E-state index contributed by atoms with van der Waals surface area (Å²) in [5.74, 6) is 0.592. The van der Waals surface area contributed by atoms with E-state index in [0.29, 0.717) is 5.92 Å². The number of nitrogens with zero attached hydrogens (tertiary/aromatic N) is 3. The highest BCUT2D eigenvalue weighted by atomic mass is 32.1. The minimum absolute atomic E-state index is 0.0232. The van der Waals surface area contributed by atoms with Crippen molar-refractivity contribution in [1.82, 2.24) is 14.8 Å². The van der Waals surface area contributed by atoms with Crippen LogP contribution in [0.2, 0.25) is 0 Å². The SMILES string of the molecule is C=C(/C=C(\C=C/C)c1nnc(/C=C/c2ccc3c(c2)C(CC)(CC)C2=C3CCC(n3c4ccccc4c4ccccc43)=C2)s1)C1C(C)=C(/C=C\CC)C(C)C2=C1C=CCC2. The topological polar surface area (TPSA) is 30.7 Å². The van der Waals surface area contributed by atoms with Gasteiger partial charge in [0.25, 0.3) is 0 Å². The Morgan fingerprint density at radius 1 is 0.917 bits per heavy atom. The van der Waals surface area contributed by atoms with Gasteiger partial charge < -0.3 is 4.57 Å². The van der Waals surface area contributed by atoms with E-state index in [2.05, 4.69) is 179 Å². The highest BCUT2D eigenvalue weighted by Gasteiger charge is 2.43. The van der Waals surface area contributed by atoms with Gasteiger partial charge in [-0.3, -0.25) is 0 Å². The summed E-state index contributed by atoms with van der Waals surface area (Å²) in [4.78, 5) is 0. The molecule has 4 heteroatoms. The zero-order chi connectivity index (χ0) is 41.5. The third kappa shape index (κ3) is 6.65. The van der Waals surface area contributed by atoms with Gasteiger partial charge in [0.2, 0.25) is 0 Å². The average molecular weight is 804 g/mol. The van der Waals surface area contributed by atoms with Crippen LogP contribution in [0.4, 0.5) is 0 Å². The Kier molecular flexibility index (Phi) is 10.9. The van der Waals surface area contributed by atoms with E-state index in [9.17, 15) is 0 Å². The largest absolute Gasteiger partial charge is 0.313 e. The number of fused-ring (bicyclic) bond motifs is 5. The first-order chi connectivity index (χ1) is 29.3. The molecule has 0 saturated carbocycles. The smallest absolute Gasteiger partial charge is 0.148 e. The third-order valence-corrected chi connectivity index (χ3v) is 14.8. The summed E-state index contributed by atoms with van der Waals surface area (Å²) >= 11 is 1.64. The van der Waals surface area contributed by atoms with Crippen LogP contribution < -0.4 is 0 Å². The van der Waals surface area contributed by atoms with Crippen molar-refractivity contribution < 1.29 is 0 Å². The van der Waals surface area contributed by atoms with Gasteiger partial charge in [-0.1, -0.05) is 154 Å². The molecule has 60 heavy (non-hydrogen) atoms. The van der Waals surface area contributed by atoms with Crippen LogP contribution in [0.3, 0.4) is 0 Å². The molecule has 0 N–H and O–H groups in total. The summed E-state index contributed by atoms with van der Waals surface area (Å²) in [7, 11) is 0. The van der Waals surface area contributed by atoms with Crippen molar-refractivity contribution in [2.75, 3.05) is 0 Å². The van der Waals surface area contributed by atoms with Crippen molar-refractivity contribution in [3.63, 3.8) is 0 Å². The molecule has 9 rings (SSSR count). The second-order valence-electron chi connectivity index (χ2n) is 17.0. The summed E-state index contributed by atoms with van der Waals surface area (Å²) < 4.78 is 2.53. The van der Waals surface area contributed by atoms with Gasteiger partial charge in [-0.05, 0) is 134 Å². The number of hydrogen-bond acceptors (Lipinski definition) is 3. The first-order valence-electron chi connectivity index (χ1n) is 22.2. The lowest BCUT2D eigenvalue weighted by atomic mass is 9.68. The van der Waals surface area contributed by atoms with Crippen molar-refractivity contribution in [1.29, 1.82) is 0 Å². The van der Waals surface area contributed by atoms with Crippen molar-refractivity contribution in [2.45, 2.75) is 91.9 Å². The Labute approximate surface area is 361 Å². The lowest BCUT2D eigenvalue weighted by Gasteiger charge is -2.36. The first-order valence-corrected chi connectivity index (χ1v) is 23.0. The second-order valence-corrected chi connectivity index (χ2v) is 18.0. The predicted molar refractivity (Wildman–Crippen MR) is 260 cm³/mol. The molecule has 0 spiro atoms. The minimum atomic E-state index is -0.0232. The zero-order valence-electron chi connectivity index (χ0n) is 36.2. The maximum Gasteiger partial charge on any atom is 0.148 e. The van der Waals surface area contributed by atoms with Gasteiger partial charge in [-0.2, -0.15) is 0 Å². The van der Waals surface area contributed by atoms with Gasteiger partial charge in [0.05, 0.1) is 11.0 Å². The van der Waals surface area contributed by atoms with E-state index in [1.165, 1.54) is 72.1 Å². The van der Waals surface area contributed by atoms with Crippen LogP contribution in [0.15, 0.2) is 155 Å². The summed E-state index contributed by atoms with van der Waals surface area (Å²) in [6, 6.07) is 24.9. The average Bonchev–Trinajstić information content (AvgIpc) is 3.97. The molecule has 0 bridgehead atoms. The lowest BCUT2D eigenvalue weighted by molar-refractivity contribution is 0.485. The van der Waals surface area contributed by atoms with E-state index in [4.69, 9.17) is 11.7 Å². The minimum Gasteiger partial charge on any atom is -0.313 e. The van der Waals surface area contributed by atoms with E-state index in [1.54, 1.807) is 16.9 Å². The van der Waals surface area contributed by atoms with Crippen molar-refractivity contribution in [2.24, 2.45) is 11.8 Å². The van der Waals surface area contributed by atoms with E-state index in [0.717, 1.165) is 66.1 Å². The Bertz CT molecular complexity index is 2770. The van der Waals surface area contributed by atoms with Gasteiger partial charge >= 0.3 is 0 Å². The first kappa shape index (κ1) is 39.9. The van der Waals surface area contributed by atoms with Gasteiger partial charge in [0, 0.05) is 39.3 Å². The Hall–Kier alpha value is -5.58. The fourth-order valence-corrected chi connectivity index (χ4v) is 11.7. The normalized spacial score (nSPS) is 20.4. The zero-order valence-corrected chi connectivity index (χ0v) is 37.0. The summed E-state index contributed by atoms with van der Waals surface area (Å²) in [5.41, 5.74) is 19.1. The molecule has 0 aliphatic heterocycles. The van der Waals surface area contributed by atoms with Crippen LogP contribution in [-0.4, -0.2) is 14.8 Å². The third-order valence-electron chi connectivity index (χ3n) is 13.9. The molecule has 0 amide bonds. The van der Waals surface area contributed by atoms with Crippen LogP contribution in [0, 0.1) is 11.8 Å². The second kappa shape index (κ2) is 16.5. The maximum atomic E-state index is 4.73. The lowest BCUT2D eigenvalue weighted by Crippen LogP contribution is -2.25. The number of para-hydroxylation sites is 2. The van der Waals surface area contributed by atoms with Crippen LogP contribution in [-0.2, 0) is 5.41 Å².